The summed E-state index contributed by atoms with van der Waals surface area (Å²) in [4.78, 5) is 22.1. The molecular weight excluding hydrogens is 440 g/mol. The van der Waals surface area contributed by atoms with Gasteiger partial charge in [-0.2, -0.15) is 0 Å². The lowest BCUT2D eigenvalue weighted by atomic mass is 10.1. The number of carbonyl (C=O) groups is 1. The smallest absolute Gasteiger partial charge is 0.318 e. The third-order valence-corrected chi connectivity index (χ3v) is 6.46. The molecule has 2 heterocycles. The lowest BCUT2D eigenvalue weighted by Crippen LogP contribution is -2.57. The maximum absolute atomic E-state index is 13.0. The van der Waals surface area contributed by atoms with Crippen LogP contribution in [-0.2, 0) is 6.54 Å². The van der Waals surface area contributed by atoms with Crippen molar-refractivity contribution in [2.24, 2.45) is 4.99 Å². The molecule has 0 aliphatic carbocycles. The molecule has 0 spiro atoms. The van der Waals surface area contributed by atoms with Crippen molar-refractivity contribution in [2.75, 3.05) is 26.7 Å². The molecule has 0 radical (unpaired) electrons. The SMILES string of the molecule is COc1ccc2c(c1)Oc1ccccc1N=C2N1CCN(C(=O)NCc2cccc(C)c2)C(C)C1. The fraction of sp³-hybridized carbons (Fsp3) is 0.286. The minimum Gasteiger partial charge on any atom is -0.497 e. The van der Waals surface area contributed by atoms with Crippen molar-refractivity contribution in [1.82, 2.24) is 15.1 Å². The Balaban J connectivity index is 1.34. The number of amidine groups is 1. The molecular formula is C28H30N4O3. The summed E-state index contributed by atoms with van der Waals surface area (Å²) >= 11 is 0. The van der Waals surface area contributed by atoms with Gasteiger partial charge in [0.05, 0.1) is 12.7 Å². The third kappa shape index (κ3) is 4.80. The summed E-state index contributed by atoms with van der Waals surface area (Å²) in [5, 5.41) is 3.08. The van der Waals surface area contributed by atoms with Gasteiger partial charge in [0.15, 0.2) is 5.75 Å². The summed E-state index contributed by atoms with van der Waals surface area (Å²) in [7, 11) is 1.65. The van der Waals surface area contributed by atoms with Crippen molar-refractivity contribution in [3.63, 3.8) is 0 Å². The van der Waals surface area contributed by atoms with Crippen molar-refractivity contribution in [3.8, 4) is 17.2 Å². The highest BCUT2D eigenvalue weighted by atomic mass is 16.5. The van der Waals surface area contributed by atoms with E-state index in [4.69, 9.17) is 14.5 Å². The van der Waals surface area contributed by atoms with Crippen LogP contribution in [0.2, 0.25) is 0 Å². The maximum atomic E-state index is 13.0. The van der Waals surface area contributed by atoms with Gasteiger partial charge in [0.1, 0.15) is 23.0 Å². The summed E-state index contributed by atoms with van der Waals surface area (Å²) in [6.07, 6.45) is 0. The van der Waals surface area contributed by atoms with Crippen LogP contribution >= 0.6 is 0 Å². The Bertz CT molecular complexity index is 1270. The number of aliphatic imine (C=N–C) groups is 1. The number of hydrogen-bond acceptors (Lipinski definition) is 5. The number of nitrogens with zero attached hydrogens (tertiary/aromatic N) is 3. The van der Waals surface area contributed by atoms with Gasteiger partial charge in [0.25, 0.3) is 0 Å². The predicted molar refractivity (Wildman–Crippen MR) is 137 cm³/mol. The number of nitrogens with one attached hydrogen (secondary N) is 1. The number of hydrogen-bond donors (Lipinski definition) is 1. The van der Waals surface area contributed by atoms with Crippen LogP contribution in [0.1, 0.15) is 23.6 Å². The zero-order valence-electron chi connectivity index (χ0n) is 20.3. The highest BCUT2D eigenvalue weighted by Gasteiger charge is 2.31. The second-order valence-corrected chi connectivity index (χ2v) is 9.00. The second kappa shape index (κ2) is 9.70. The number of fused-ring (bicyclic) bond motifs is 2. The van der Waals surface area contributed by atoms with Crippen LogP contribution in [0.15, 0.2) is 71.7 Å². The highest BCUT2D eigenvalue weighted by molar-refractivity contribution is 6.04. The molecule has 2 amide bonds. The van der Waals surface area contributed by atoms with E-state index in [0.717, 1.165) is 28.4 Å². The van der Waals surface area contributed by atoms with Gasteiger partial charge >= 0.3 is 6.03 Å². The minimum absolute atomic E-state index is 0.0186. The van der Waals surface area contributed by atoms with E-state index < -0.39 is 0 Å². The first kappa shape index (κ1) is 22.8. The molecule has 7 nitrogen and oxygen atoms in total. The quantitative estimate of drug-likeness (QED) is 0.578. The van der Waals surface area contributed by atoms with E-state index in [2.05, 4.69) is 36.2 Å². The Labute approximate surface area is 206 Å². The molecule has 35 heavy (non-hydrogen) atoms. The first-order valence-electron chi connectivity index (χ1n) is 11.9. The summed E-state index contributed by atoms with van der Waals surface area (Å²) in [5.74, 6) is 2.99. The molecule has 7 heteroatoms. The van der Waals surface area contributed by atoms with Crippen LogP contribution in [0, 0.1) is 6.92 Å². The van der Waals surface area contributed by atoms with Crippen molar-refractivity contribution in [3.05, 3.63) is 83.4 Å². The molecule has 0 aromatic heterocycles. The van der Waals surface area contributed by atoms with Crippen LogP contribution in [0.3, 0.4) is 0 Å². The number of benzene rings is 3. The molecule has 0 bridgehead atoms. The molecule has 1 unspecified atom stereocenters. The number of methoxy groups -OCH3 is 1. The van der Waals surface area contributed by atoms with E-state index in [0.29, 0.717) is 37.7 Å². The molecule has 3 aromatic rings. The summed E-state index contributed by atoms with van der Waals surface area (Å²) in [6.45, 7) is 6.60. The van der Waals surface area contributed by atoms with Crippen molar-refractivity contribution >= 4 is 17.6 Å². The van der Waals surface area contributed by atoms with E-state index in [1.165, 1.54) is 5.56 Å². The Morgan fingerprint density at radius 2 is 1.94 bits per heavy atom. The molecule has 1 saturated heterocycles. The molecule has 2 aliphatic heterocycles. The first-order valence-corrected chi connectivity index (χ1v) is 11.9. The van der Waals surface area contributed by atoms with E-state index in [1.54, 1.807) is 7.11 Å². The standard InChI is InChI=1S/C28H30N4O3/c1-19-7-6-8-21(15-19)17-29-28(33)32-14-13-31(18-20(32)2)27-23-12-11-22(34-3)16-26(23)35-25-10-5-4-9-24(25)30-27/h4-12,15-16,20H,13-14,17-18H2,1-3H3,(H,29,33). The van der Waals surface area contributed by atoms with E-state index in [9.17, 15) is 4.79 Å². The molecule has 3 aromatic carbocycles. The first-order chi connectivity index (χ1) is 17.0. The number of para-hydroxylation sites is 2. The molecule has 0 saturated carbocycles. The lowest BCUT2D eigenvalue weighted by molar-refractivity contribution is 0.134. The Kier molecular flexibility index (Phi) is 6.31. The number of urea groups is 1. The molecule has 180 valence electrons. The topological polar surface area (TPSA) is 66.4 Å². The van der Waals surface area contributed by atoms with Crippen LogP contribution in [0.5, 0.6) is 17.2 Å². The van der Waals surface area contributed by atoms with Gasteiger partial charge in [0.2, 0.25) is 0 Å². The van der Waals surface area contributed by atoms with E-state index in [1.807, 2.05) is 59.5 Å². The third-order valence-electron chi connectivity index (χ3n) is 6.46. The molecule has 5 rings (SSSR count). The molecule has 1 N–H and O–H groups in total. The van der Waals surface area contributed by atoms with Gasteiger partial charge in [-0.1, -0.05) is 42.0 Å². The zero-order chi connectivity index (χ0) is 24.4. The number of aryl methyl sites for hydroxylation is 1. The normalized spacial score (nSPS) is 16.9. The number of ether oxygens (including phenoxy) is 2. The summed E-state index contributed by atoms with van der Waals surface area (Å²) in [6, 6.07) is 21.8. The maximum Gasteiger partial charge on any atom is 0.318 e. The lowest BCUT2D eigenvalue weighted by Gasteiger charge is -2.41. The zero-order valence-corrected chi connectivity index (χ0v) is 20.3. The molecule has 2 aliphatic rings. The largest absolute Gasteiger partial charge is 0.497 e. The van der Waals surface area contributed by atoms with Gasteiger partial charge in [-0.25, -0.2) is 9.79 Å². The number of carbonyl (C=O) groups excluding carboxylic acids is 1. The average molecular weight is 471 g/mol. The van der Waals surface area contributed by atoms with Crippen LogP contribution < -0.4 is 14.8 Å². The van der Waals surface area contributed by atoms with Gasteiger partial charge in [-0.05, 0) is 43.7 Å². The molecule has 1 fully saturated rings. The number of rotatable bonds is 3. The number of piperazine rings is 1. The summed E-state index contributed by atoms with van der Waals surface area (Å²) in [5.41, 5.74) is 3.98. The highest BCUT2D eigenvalue weighted by Crippen LogP contribution is 2.39. The average Bonchev–Trinajstić information content (AvgIpc) is 3.03. The van der Waals surface area contributed by atoms with Gasteiger partial charge < -0.3 is 24.6 Å². The van der Waals surface area contributed by atoms with Crippen LogP contribution in [0.4, 0.5) is 10.5 Å². The van der Waals surface area contributed by atoms with Gasteiger partial charge in [-0.3, -0.25) is 0 Å². The monoisotopic (exact) mass is 470 g/mol. The van der Waals surface area contributed by atoms with E-state index >= 15 is 0 Å². The van der Waals surface area contributed by atoms with Gasteiger partial charge in [-0.15, -0.1) is 0 Å². The van der Waals surface area contributed by atoms with E-state index in [-0.39, 0.29) is 12.1 Å². The second-order valence-electron chi connectivity index (χ2n) is 9.00. The Morgan fingerprint density at radius 3 is 2.74 bits per heavy atom. The van der Waals surface area contributed by atoms with Crippen molar-refractivity contribution in [1.29, 1.82) is 0 Å². The van der Waals surface area contributed by atoms with Crippen molar-refractivity contribution in [2.45, 2.75) is 26.4 Å². The molecule has 1 atom stereocenters. The number of amides is 2. The van der Waals surface area contributed by atoms with Gasteiger partial charge in [0, 0.05) is 38.3 Å². The fourth-order valence-corrected chi connectivity index (χ4v) is 4.62. The van der Waals surface area contributed by atoms with Crippen molar-refractivity contribution < 1.29 is 14.3 Å². The Hall–Kier alpha value is -4.00. The minimum atomic E-state index is -0.0414. The van der Waals surface area contributed by atoms with Crippen LogP contribution in [0.25, 0.3) is 0 Å². The van der Waals surface area contributed by atoms with Crippen LogP contribution in [-0.4, -0.2) is 54.5 Å². The predicted octanol–water partition coefficient (Wildman–Crippen LogP) is 5.10. The Morgan fingerprint density at radius 1 is 1.09 bits per heavy atom. The summed E-state index contributed by atoms with van der Waals surface area (Å²) < 4.78 is 11.7. The fourth-order valence-electron chi connectivity index (χ4n) is 4.62.